The van der Waals surface area contributed by atoms with Crippen LogP contribution in [0.5, 0.6) is 0 Å². The molecule has 0 aliphatic heterocycles. The molecule has 0 saturated heterocycles. The molecule has 6 heteroatoms. The lowest BCUT2D eigenvalue weighted by molar-refractivity contribution is -0.111. The van der Waals surface area contributed by atoms with E-state index in [1.165, 1.54) is 22.5 Å². The second-order valence-electron chi connectivity index (χ2n) is 4.11. The molecule has 0 aliphatic rings. The lowest BCUT2D eigenvalue weighted by atomic mass is 10.3. The third-order valence-electron chi connectivity index (χ3n) is 2.76. The summed E-state index contributed by atoms with van der Waals surface area (Å²) in [6.45, 7) is 6.14. The predicted octanol–water partition coefficient (Wildman–Crippen LogP) is 2.23. The number of hydrogen-bond acceptors (Lipinski definition) is 3. The fourth-order valence-corrected chi connectivity index (χ4v) is 3.29. The number of carbonyl (C=O) groups excluding carboxylic acids is 1. The van der Waals surface area contributed by atoms with Gasteiger partial charge < -0.3 is 5.32 Å². The van der Waals surface area contributed by atoms with Gasteiger partial charge in [0.25, 0.3) is 0 Å². The zero-order valence-corrected chi connectivity index (χ0v) is 12.8. The minimum atomic E-state index is -3.51. The molecule has 0 radical (unpaired) electrons. The highest BCUT2D eigenvalue weighted by atomic mass is 32.2. The summed E-state index contributed by atoms with van der Waals surface area (Å²) in [4.78, 5) is 11.6. The minimum absolute atomic E-state index is 0.180. The summed E-state index contributed by atoms with van der Waals surface area (Å²) in [5.41, 5.74) is 0.460. The summed E-state index contributed by atoms with van der Waals surface area (Å²) in [5, 5.41) is 2.62. The van der Waals surface area contributed by atoms with Gasteiger partial charge >= 0.3 is 0 Å². The molecule has 1 N–H and O–H groups in total. The zero-order chi connectivity index (χ0) is 15.2. The molecule has 0 atom stereocenters. The Balaban J connectivity index is 3.07. The van der Waals surface area contributed by atoms with Crippen LogP contribution in [0.3, 0.4) is 0 Å². The molecule has 0 heterocycles. The van der Waals surface area contributed by atoms with Crippen LogP contribution in [-0.4, -0.2) is 31.7 Å². The van der Waals surface area contributed by atoms with Crippen molar-refractivity contribution in [3.05, 3.63) is 36.4 Å². The molecule has 5 nitrogen and oxygen atoms in total. The number of rotatable bonds is 6. The summed E-state index contributed by atoms with van der Waals surface area (Å²) in [7, 11) is -3.51. The van der Waals surface area contributed by atoms with Gasteiger partial charge in [-0.05, 0) is 31.2 Å². The molecule has 0 saturated carbocycles. The van der Waals surface area contributed by atoms with E-state index in [2.05, 4.69) is 5.32 Å². The molecule has 1 rings (SSSR count). The number of carbonyl (C=O) groups is 1. The van der Waals surface area contributed by atoms with E-state index in [1.54, 1.807) is 39.0 Å². The first kappa shape index (κ1) is 16.4. The molecule has 0 aliphatic carbocycles. The Morgan fingerprint density at radius 1 is 1.30 bits per heavy atom. The second-order valence-corrected chi connectivity index (χ2v) is 6.04. The van der Waals surface area contributed by atoms with Crippen LogP contribution < -0.4 is 5.32 Å². The van der Waals surface area contributed by atoms with Crippen LogP contribution in [0.15, 0.2) is 41.3 Å². The first-order valence-electron chi connectivity index (χ1n) is 6.49. The van der Waals surface area contributed by atoms with Crippen molar-refractivity contribution in [3.63, 3.8) is 0 Å². The zero-order valence-electron chi connectivity index (χ0n) is 12.0. The van der Waals surface area contributed by atoms with Gasteiger partial charge in [-0.15, -0.1) is 0 Å². The lowest BCUT2D eigenvalue weighted by Crippen LogP contribution is -2.30. The molecule has 0 fully saturated rings. The molecule has 20 heavy (non-hydrogen) atoms. The van der Waals surface area contributed by atoms with Crippen LogP contribution in [-0.2, 0) is 14.8 Å². The van der Waals surface area contributed by atoms with E-state index in [0.717, 1.165) is 0 Å². The average Bonchev–Trinajstić information content (AvgIpc) is 2.40. The van der Waals surface area contributed by atoms with E-state index < -0.39 is 10.0 Å². The van der Waals surface area contributed by atoms with Gasteiger partial charge in [0.1, 0.15) is 0 Å². The molecule has 0 bridgehead atoms. The van der Waals surface area contributed by atoms with Crippen molar-refractivity contribution in [3.8, 4) is 0 Å². The summed E-state index contributed by atoms with van der Waals surface area (Å²) in [6, 6.07) is 6.26. The summed E-state index contributed by atoms with van der Waals surface area (Å²) in [6.07, 6.45) is 3.00. The monoisotopic (exact) mass is 296 g/mol. The van der Waals surface area contributed by atoms with Crippen molar-refractivity contribution in [2.45, 2.75) is 25.7 Å². The third-order valence-corrected chi connectivity index (χ3v) is 4.81. The van der Waals surface area contributed by atoms with Crippen LogP contribution in [0.2, 0.25) is 0 Å². The average molecular weight is 296 g/mol. The summed E-state index contributed by atoms with van der Waals surface area (Å²) in [5.74, 6) is -0.287. The highest BCUT2D eigenvalue weighted by Gasteiger charge is 2.21. The molecule has 0 aromatic heterocycles. The number of anilines is 1. The van der Waals surface area contributed by atoms with Gasteiger partial charge in [-0.25, -0.2) is 8.42 Å². The maximum Gasteiger partial charge on any atom is 0.248 e. The Labute approximate surface area is 120 Å². The summed E-state index contributed by atoms with van der Waals surface area (Å²) < 4.78 is 26.1. The van der Waals surface area contributed by atoms with Crippen LogP contribution in [0.25, 0.3) is 0 Å². The van der Waals surface area contributed by atoms with Gasteiger partial charge in [-0.1, -0.05) is 26.0 Å². The number of nitrogens with zero attached hydrogens (tertiary/aromatic N) is 1. The first-order valence-corrected chi connectivity index (χ1v) is 7.93. The number of amides is 1. The van der Waals surface area contributed by atoms with Gasteiger partial charge in [0, 0.05) is 18.8 Å². The van der Waals surface area contributed by atoms with Crippen LogP contribution >= 0.6 is 0 Å². The predicted molar refractivity (Wildman–Crippen MR) is 80.0 cm³/mol. The Hall–Kier alpha value is -1.66. The van der Waals surface area contributed by atoms with Gasteiger partial charge in [0.15, 0.2) is 0 Å². The molecule has 0 spiro atoms. The maximum absolute atomic E-state index is 12.4. The van der Waals surface area contributed by atoms with Crippen molar-refractivity contribution < 1.29 is 13.2 Å². The van der Waals surface area contributed by atoms with E-state index in [0.29, 0.717) is 18.8 Å². The fourth-order valence-electron chi connectivity index (χ4n) is 1.78. The van der Waals surface area contributed by atoms with E-state index in [9.17, 15) is 13.2 Å². The number of benzene rings is 1. The van der Waals surface area contributed by atoms with Crippen molar-refractivity contribution in [1.29, 1.82) is 0 Å². The molecule has 1 aromatic carbocycles. The van der Waals surface area contributed by atoms with Crippen LogP contribution in [0.1, 0.15) is 20.8 Å². The molecule has 1 amide bonds. The Bertz CT molecular complexity index is 590. The number of nitrogens with one attached hydrogen (secondary N) is 1. The van der Waals surface area contributed by atoms with Crippen LogP contribution in [0.4, 0.5) is 5.69 Å². The van der Waals surface area contributed by atoms with Crippen molar-refractivity contribution in [2.75, 3.05) is 18.4 Å². The Morgan fingerprint density at radius 3 is 2.50 bits per heavy atom. The van der Waals surface area contributed by atoms with Crippen molar-refractivity contribution >= 4 is 21.6 Å². The number of hydrogen-bond donors (Lipinski definition) is 1. The van der Waals surface area contributed by atoms with Crippen molar-refractivity contribution in [1.82, 2.24) is 4.31 Å². The normalized spacial score (nSPS) is 12.0. The molecule has 110 valence electrons. The van der Waals surface area contributed by atoms with E-state index in [-0.39, 0.29) is 10.8 Å². The second kappa shape index (κ2) is 7.21. The Kier molecular flexibility index (Phi) is 5.91. The minimum Gasteiger partial charge on any atom is -0.322 e. The lowest BCUT2D eigenvalue weighted by Gasteiger charge is -2.18. The van der Waals surface area contributed by atoms with Crippen molar-refractivity contribution in [2.24, 2.45) is 0 Å². The standard InChI is InChI=1S/C14H20N2O3S/c1-4-8-14(17)15-12-9-7-10-13(11-12)20(18,19)16(5-2)6-3/h4,7-11H,5-6H2,1-3H3,(H,15,17)/b8-4+. The smallest absolute Gasteiger partial charge is 0.248 e. The topological polar surface area (TPSA) is 66.5 Å². The summed E-state index contributed by atoms with van der Waals surface area (Å²) >= 11 is 0. The molecule has 0 unspecified atom stereocenters. The maximum atomic E-state index is 12.4. The largest absolute Gasteiger partial charge is 0.322 e. The fraction of sp³-hybridized carbons (Fsp3) is 0.357. The first-order chi connectivity index (χ1) is 9.45. The van der Waals surface area contributed by atoms with E-state index >= 15 is 0 Å². The van der Waals surface area contributed by atoms with E-state index in [4.69, 9.17) is 0 Å². The molecular weight excluding hydrogens is 276 g/mol. The highest BCUT2D eigenvalue weighted by Crippen LogP contribution is 2.19. The van der Waals surface area contributed by atoms with Gasteiger partial charge in [0.2, 0.25) is 15.9 Å². The van der Waals surface area contributed by atoms with Gasteiger partial charge in [-0.3, -0.25) is 4.79 Å². The number of allylic oxidation sites excluding steroid dienone is 1. The highest BCUT2D eigenvalue weighted by molar-refractivity contribution is 7.89. The van der Waals surface area contributed by atoms with Crippen LogP contribution in [0, 0.1) is 0 Å². The third kappa shape index (κ3) is 3.91. The SMILES string of the molecule is C/C=C/C(=O)Nc1cccc(S(=O)(=O)N(CC)CC)c1. The Morgan fingerprint density at radius 2 is 1.95 bits per heavy atom. The quantitative estimate of drug-likeness (QED) is 0.819. The molecule has 1 aromatic rings. The van der Waals surface area contributed by atoms with E-state index in [1.807, 2.05) is 0 Å². The molecular formula is C14H20N2O3S. The number of sulfonamides is 1. The van der Waals surface area contributed by atoms with Gasteiger partial charge in [-0.2, -0.15) is 4.31 Å². The van der Waals surface area contributed by atoms with Gasteiger partial charge in [0.05, 0.1) is 4.90 Å².